The van der Waals surface area contributed by atoms with Crippen molar-refractivity contribution in [2.24, 2.45) is 0 Å². The highest BCUT2D eigenvalue weighted by atomic mass is 32.3. The standard InChI is InChI=1S/8C12H10.2H2O5S2.O2S/c8*1-3-7-11(8-4-1)12-9-5-2-6-10-12;2*1-6(2)5-7(3)4;1-3-2/h8*1-10H;2*(H,1,2)(H,3,4);/p-4. The first-order chi connectivity index (χ1) is 55.4. The molecule has 0 amide bonds. The molecule has 0 radical (unpaired) electrons. The molecule has 16 rings (SSSR count). The molecule has 0 heterocycles. The third-order valence-electron chi connectivity index (χ3n) is 15.3. The first kappa shape index (κ1) is 89.6. The minimum absolute atomic E-state index is 0.750. The highest BCUT2D eigenvalue weighted by molar-refractivity contribution is 7.88. The van der Waals surface area contributed by atoms with Gasteiger partial charge in [0.15, 0.2) is 0 Å². The first-order valence-electron chi connectivity index (χ1n) is 34.9. The molecule has 17 heteroatoms. The molecule has 0 aliphatic carbocycles. The van der Waals surface area contributed by atoms with Gasteiger partial charge in [0.2, 0.25) is 0 Å². The maximum atomic E-state index is 9.19. The Labute approximate surface area is 677 Å². The molecular weight excluding hydrogens is 1510 g/mol. The lowest BCUT2D eigenvalue weighted by molar-refractivity contribution is 0.404. The lowest BCUT2D eigenvalue weighted by Crippen LogP contribution is -1.97. The molecule has 0 aliphatic rings. The van der Waals surface area contributed by atoms with Gasteiger partial charge in [0, 0.05) is 0 Å². The molecule has 0 N–H and O–H groups in total. The highest BCUT2D eigenvalue weighted by Gasteiger charge is 1.99. The molecule has 0 aromatic heterocycles. The number of benzene rings is 16. The van der Waals surface area contributed by atoms with Crippen LogP contribution in [0.2, 0.25) is 0 Å². The monoisotopic (exact) mass is 1580 g/mol. The van der Waals surface area contributed by atoms with E-state index in [0.29, 0.717) is 0 Å². The second-order valence-electron chi connectivity index (χ2n) is 22.9. The van der Waals surface area contributed by atoms with E-state index in [1.165, 1.54) is 89.0 Å². The predicted molar refractivity (Wildman–Crippen MR) is 462 cm³/mol. The van der Waals surface area contributed by atoms with Crippen LogP contribution in [0.1, 0.15) is 0 Å². The SMILES string of the molecule is O=S([O-])OS(=O)[O-].O=S([O-])OS(=O)[O-].O=S=O.c1ccc(-c2ccccc2)cc1.c1ccc(-c2ccccc2)cc1.c1ccc(-c2ccccc2)cc1.c1ccc(-c2ccccc2)cc1.c1ccc(-c2ccccc2)cc1.c1ccc(-c2ccccc2)cc1.c1ccc(-c2ccccc2)cc1.c1ccc(-c2ccccc2)cc1. The molecule has 0 saturated heterocycles. The third-order valence-corrected chi connectivity index (χ3v) is 17.0. The Morgan fingerprint density at radius 2 is 0.195 bits per heavy atom. The van der Waals surface area contributed by atoms with Crippen molar-refractivity contribution in [3.63, 3.8) is 0 Å². The van der Waals surface area contributed by atoms with Crippen LogP contribution in [-0.4, -0.2) is 43.5 Å². The van der Waals surface area contributed by atoms with Crippen LogP contribution in [-0.2, 0) is 64.3 Å². The molecule has 0 saturated carbocycles. The molecule has 0 atom stereocenters. The normalized spacial score (nSPS) is 10.6. The van der Waals surface area contributed by atoms with Crippen LogP contribution in [0.3, 0.4) is 0 Å². The van der Waals surface area contributed by atoms with E-state index < -0.39 is 57.0 Å². The van der Waals surface area contributed by atoms with E-state index >= 15 is 0 Å². The van der Waals surface area contributed by atoms with Crippen molar-refractivity contribution >= 4 is 57.0 Å². The zero-order valence-corrected chi connectivity index (χ0v) is 65.2. The Morgan fingerprint density at radius 3 is 0.230 bits per heavy atom. The molecule has 16 aromatic carbocycles. The zero-order valence-electron chi connectivity index (χ0n) is 61.1. The van der Waals surface area contributed by atoms with E-state index in [1.807, 2.05) is 97.1 Å². The number of hydrogen-bond donors (Lipinski definition) is 0. The van der Waals surface area contributed by atoms with Crippen LogP contribution >= 0.6 is 0 Å². The van der Waals surface area contributed by atoms with Gasteiger partial charge >= 0.3 is 11.6 Å². The highest BCUT2D eigenvalue weighted by Crippen LogP contribution is 2.24. The van der Waals surface area contributed by atoms with Gasteiger partial charge in [-0.1, -0.05) is 485 Å². The molecule has 12 nitrogen and oxygen atoms in total. The van der Waals surface area contributed by atoms with Gasteiger partial charge in [0.05, 0.1) is 45.4 Å². The topological polar surface area (TPSA) is 213 Å². The van der Waals surface area contributed by atoms with Gasteiger partial charge in [0.25, 0.3) is 0 Å². The van der Waals surface area contributed by atoms with Gasteiger partial charge in [-0.2, -0.15) is 8.42 Å². The van der Waals surface area contributed by atoms with Crippen molar-refractivity contribution in [3.8, 4) is 89.0 Å². The Morgan fingerprint density at radius 1 is 0.142 bits per heavy atom. The van der Waals surface area contributed by atoms with Crippen molar-refractivity contribution in [3.05, 3.63) is 485 Å². The Bertz CT molecular complexity index is 3910. The molecule has 16 aromatic rings. The summed E-state index contributed by atoms with van der Waals surface area (Å²) < 4.78 is 96.3. The summed E-state index contributed by atoms with van der Waals surface area (Å²) in [6.45, 7) is 0. The first-order valence-corrected chi connectivity index (χ1v) is 39.6. The second kappa shape index (κ2) is 56.9. The van der Waals surface area contributed by atoms with Crippen LogP contribution in [0, 0.1) is 0 Å². The smallest absolute Gasteiger partial charge is 0.335 e. The van der Waals surface area contributed by atoms with Crippen molar-refractivity contribution in [2.45, 2.75) is 0 Å². The van der Waals surface area contributed by atoms with Gasteiger partial charge in [-0.25, -0.2) is 24.1 Å². The molecule has 0 spiro atoms. The van der Waals surface area contributed by atoms with E-state index in [9.17, 15) is 35.0 Å². The molecule has 0 unspecified atom stereocenters. The van der Waals surface area contributed by atoms with Crippen LogP contribution in [0.25, 0.3) is 89.0 Å². The summed E-state index contributed by atoms with van der Waals surface area (Å²) >= 11 is -12.6. The maximum absolute atomic E-state index is 9.19. The molecule has 0 bridgehead atoms. The fourth-order valence-corrected chi connectivity index (χ4v) is 10.9. The van der Waals surface area contributed by atoms with E-state index in [2.05, 4.69) is 396 Å². The van der Waals surface area contributed by atoms with E-state index in [1.54, 1.807) is 0 Å². The summed E-state index contributed by atoms with van der Waals surface area (Å²) in [5, 5.41) is 0. The molecular formula is C96H80O12S5-4. The average molecular weight is 1590 g/mol. The summed E-state index contributed by atoms with van der Waals surface area (Å²) in [5.41, 5.74) is 20.4. The van der Waals surface area contributed by atoms with Crippen molar-refractivity contribution in [1.29, 1.82) is 0 Å². The summed E-state index contributed by atoms with van der Waals surface area (Å²) in [7, 11) is 0. The molecule has 570 valence electrons. The minimum atomic E-state index is -2.96. The largest absolute Gasteiger partial charge is 0.749 e. The Hall–Kier alpha value is -12.3. The summed E-state index contributed by atoms with van der Waals surface area (Å²) in [4.78, 5) is 0. The van der Waals surface area contributed by atoms with E-state index in [4.69, 9.17) is 8.42 Å². The minimum Gasteiger partial charge on any atom is -0.749 e. The van der Waals surface area contributed by atoms with Crippen molar-refractivity contribution in [2.75, 3.05) is 0 Å². The number of hydrogen-bond acceptors (Lipinski definition) is 12. The van der Waals surface area contributed by atoms with Crippen molar-refractivity contribution in [1.82, 2.24) is 0 Å². The molecule has 113 heavy (non-hydrogen) atoms. The predicted octanol–water partition coefficient (Wildman–Crippen LogP) is 23.3. The zero-order chi connectivity index (χ0) is 80.2. The fourth-order valence-electron chi connectivity index (χ4n) is 10.2. The van der Waals surface area contributed by atoms with Gasteiger partial charge in [-0.15, -0.1) is 0 Å². The lowest BCUT2D eigenvalue weighted by Gasteiger charge is -2.04. The quantitative estimate of drug-likeness (QED) is 0.105. The van der Waals surface area contributed by atoms with E-state index in [0.717, 1.165) is 0 Å². The van der Waals surface area contributed by atoms with E-state index in [-0.39, 0.29) is 0 Å². The molecule has 0 aliphatic heterocycles. The van der Waals surface area contributed by atoms with Gasteiger partial charge < -0.3 is 18.2 Å². The lowest BCUT2D eigenvalue weighted by atomic mass is 10.1. The average Bonchev–Trinajstić information content (AvgIpc) is 1.56. The molecule has 0 fully saturated rings. The van der Waals surface area contributed by atoms with Gasteiger partial charge in [0.1, 0.15) is 0 Å². The van der Waals surface area contributed by atoms with Crippen molar-refractivity contribution < 1.29 is 50.7 Å². The third kappa shape index (κ3) is 39.3. The van der Waals surface area contributed by atoms with Crippen LogP contribution in [0.4, 0.5) is 0 Å². The Kier molecular flexibility index (Phi) is 45.1. The fraction of sp³-hybridized carbons (Fsp3) is 0. The second-order valence-corrected chi connectivity index (χ2v) is 25.7. The maximum Gasteiger partial charge on any atom is 0.335 e. The number of rotatable bonds is 12. The summed E-state index contributed by atoms with van der Waals surface area (Å²) in [6, 6.07) is 166. The van der Waals surface area contributed by atoms with Crippen LogP contribution in [0.5, 0.6) is 0 Å². The summed E-state index contributed by atoms with van der Waals surface area (Å²) in [6.07, 6.45) is 0. The van der Waals surface area contributed by atoms with Crippen LogP contribution < -0.4 is 0 Å². The van der Waals surface area contributed by atoms with Crippen LogP contribution in [0.15, 0.2) is 485 Å². The Balaban J connectivity index is 0.000000196. The van der Waals surface area contributed by atoms with Gasteiger partial charge in [-0.3, -0.25) is 0 Å². The van der Waals surface area contributed by atoms with Gasteiger partial charge in [-0.05, 0) is 89.0 Å². The summed E-state index contributed by atoms with van der Waals surface area (Å²) in [5.74, 6) is 0.